The van der Waals surface area contributed by atoms with E-state index in [-0.39, 0.29) is 5.91 Å². The van der Waals surface area contributed by atoms with Crippen molar-refractivity contribution in [2.75, 3.05) is 12.3 Å². The number of anilines is 1. The number of rotatable bonds is 2. The van der Waals surface area contributed by atoms with Gasteiger partial charge in [0.25, 0.3) is 0 Å². The lowest BCUT2D eigenvalue weighted by molar-refractivity contribution is -0.132. The number of hydrogen-bond donors (Lipinski definition) is 1. The van der Waals surface area contributed by atoms with Crippen molar-refractivity contribution in [3.63, 3.8) is 0 Å². The Morgan fingerprint density at radius 3 is 3.07 bits per heavy atom. The van der Waals surface area contributed by atoms with Crippen LogP contribution in [0.3, 0.4) is 0 Å². The zero-order chi connectivity index (χ0) is 10.8. The van der Waals surface area contributed by atoms with E-state index in [4.69, 9.17) is 5.73 Å². The highest BCUT2D eigenvalue weighted by Gasteiger charge is 2.24. The highest BCUT2D eigenvalue weighted by Crippen LogP contribution is 2.16. The van der Waals surface area contributed by atoms with Crippen molar-refractivity contribution >= 4 is 11.7 Å². The molecule has 0 saturated carbocycles. The summed E-state index contributed by atoms with van der Waals surface area (Å²) in [5, 5.41) is 3.99. The van der Waals surface area contributed by atoms with Crippen molar-refractivity contribution in [2.24, 2.45) is 0 Å². The van der Waals surface area contributed by atoms with E-state index in [0.717, 1.165) is 19.4 Å². The Morgan fingerprint density at radius 2 is 2.53 bits per heavy atom. The van der Waals surface area contributed by atoms with Crippen LogP contribution in [0.4, 0.5) is 5.82 Å². The zero-order valence-electron chi connectivity index (χ0n) is 8.89. The van der Waals surface area contributed by atoms with Gasteiger partial charge in [-0.15, -0.1) is 0 Å². The molecule has 1 aromatic heterocycles. The van der Waals surface area contributed by atoms with Gasteiger partial charge in [0.05, 0.1) is 0 Å². The molecule has 1 atom stereocenters. The SMILES string of the molecule is CC1CCCN1C(=O)Cn1ccc(N)n1. The molecule has 1 amide bonds. The van der Waals surface area contributed by atoms with Gasteiger partial charge < -0.3 is 10.6 Å². The predicted molar refractivity (Wildman–Crippen MR) is 57.0 cm³/mol. The summed E-state index contributed by atoms with van der Waals surface area (Å²) in [5.41, 5.74) is 5.48. The quantitative estimate of drug-likeness (QED) is 0.768. The maximum Gasteiger partial charge on any atom is 0.244 e. The van der Waals surface area contributed by atoms with Gasteiger partial charge in [-0.25, -0.2) is 0 Å². The maximum atomic E-state index is 11.9. The standard InChI is InChI=1S/C10H16N4O/c1-8-3-2-5-14(8)10(15)7-13-6-4-9(11)12-13/h4,6,8H,2-3,5,7H2,1H3,(H2,11,12). The largest absolute Gasteiger partial charge is 0.382 e. The van der Waals surface area contributed by atoms with Gasteiger partial charge >= 0.3 is 0 Å². The molecule has 1 saturated heterocycles. The van der Waals surface area contributed by atoms with Gasteiger partial charge in [-0.2, -0.15) is 5.10 Å². The van der Waals surface area contributed by atoms with Crippen LogP contribution in [0, 0.1) is 0 Å². The minimum Gasteiger partial charge on any atom is -0.382 e. The number of hydrogen-bond acceptors (Lipinski definition) is 3. The lowest BCUT2D eigenvalue weighted by Gasteiger charge is -2.21. The molecule has 0 radical (unpaired) electrons. The summed E-state index contributed by atoms with van der Waals surface area (Å²) in [6, 6.07) is 2.06. The van der Waals surface area contributed by atoms with Gasteiger partial charge in [0.2, 0.25) is 5.91 Å². The molecule has 82 valence electrons. The highest BCUT2D eigenvalue weighted by atomic mass is 16.2. The Bertz CT molecular complexity index is 360. The Morgan fingerprint density at radius 1 is 1.73 bits per heavy atom. The van der Waals surface area contributed by atoms with Crippen molar-refractivity contribution in [3.8, 4) is 0 Å². The third-order valence-electron chi connectivity index (χ3n) is 2.83. The molecule has 1 aliphatic heterocycles. The predicted octanol–water partition coefficient (Wildman–Crippen LogP) is 0.476. The Hall–Kier alpha value is -1.52. The van der Waals surface area contributed by atoms with Gasteiger partial charge in [0.15, 0.2) is 0 Å². The van der Waals surface area contributed by atoms with Crippen molar-refractivity contribution in [2.45, 2.75) is 32.4 Å². The lowest BCUT2D eigenvalue weighted by atomic mass is 10.2. The fourth-order valence-electron chi connectivity index (χ4n) is 2.00. The summed E-state index contributed by atoms with van der Waals surface area (Å²) in [5.74, 6) is 0.584. The maximum absolute atomic E-state index is 11.9. The minimum absolute atomic E-state index is 0.128. The molecule has 2 heterocycles. The first-order chi connectivity index (χ1) is 7.16. The molecule has 1 aromatic rings. The summed E-state index contributed by atoms with van der Waals surface area (Å²) < 4.78 is 1.59. The minimum atomic E-state index is 0.128. The topological polar surface area (TPSA) is 64.2 Å². The number of likely N-dealkylation sites (tertiary alicyclic amines) is 1. The van der Waals surface area contributed by atoms with E-state index >= 15 is 0 Å². The van der Waals surface area contributed by atoms with E-state index in [1.807, 2.05) is 4.90 Å². The fourth-order valence-corrected chi connectivity index (χ4v) is 2.00. The monoisotopic (exact) mass is 208 g/mol. The number of carbonyl (C=O) groups is 1. The average molecular weight is 208 g/mol. The van der Waals surface area contributed by atoms with Crippen molar-refractivity contribution in [1.29, 1.82) is 0 Å². The van der Waals surface area contributed by atoms with E-state index in [2.05, 4.69) is 12.0 Å². The van der Waals surface area contributed by atoms with Crippen LogP contribution in [-0.4, -0.2) is 33.2 Å². The third-order valence-corrected chi connectivity index (χ3v) is 2.83. The first-order valence-electron chi connectivity index (χ1n) is 5.25. The first-order valence-corrected chi connectivity index (χ1v) is 5.25. The molecule has 1 aliphatic rings. The van der Waals surface area contributed by atoms with Gasteiger partial charge in [-0.05, 0) is 25.8 Å². The summed E-state index contributed by atoms with van der Waals surface area (Å²) in [6.07, 6.45) is 3.94. The molecule has 5 nitrogen and oxygen atoms in total. The summed E-state index contributed by atoms with van der Waals surface area (Å²) in [7, 11) is 0. The van der Waals surface area contributed by atoms with Crippen LogP contribution in [0.2, 0.25) is 0 Å². The lowest BCUT2D eigenvalue weighted by Crippen LogP contribution is -2.36. The molecule has 1 fully saturated rings. The van der Waals surface area contributed by atoms with Gasteiger partial charge in [0, 0.05) is 18.8 Å². The molecule has 2 rings (SSSR count). The van der Waals surface area contributed by atoms with Gasteiger partial charge in [-0.3, -0.25) is 9.48 Å². The Labute approximate surface area is 88.8 Å². The number of nitrogen functional groups attached to an aromatic ring is 1. The molecule has 0 aliphatic carbocycles. The molecule has 5 heteroatoms. The van der Waals surface area contributed by atoms with Crippen LogP contribution in [0.25, 0.3) is 0 Å². The molecular weight excluding hydrogens is 192 g/mol. The van der Waals surface area contributed by atoms with E-state index in [1.165, 1.54) is 0 Å². The summed E-state index contributed by atoms with van der Waals surface area (Å²) >= 11 is 0. The van der Waals surface area contributed by atoms with E-state index < -0.39 is 0 Å². The smallest absolute Gasteiger partial charge is 0.244 e. The van der Waals surface area contributed by atoms with Crippen molar-refractivity contribution in [3.05, 3.63) is 12.3 Å². The molecule has 1 unspecified atom stereocenters. The molecule has 0 spiro atoms. The number of nitrogens with zero attached hydrogens (tertiary/aromatic N) is 3. The molecule has 2 N–H and O–H groups in total. The highest BCUT2D eigenvalue weighted by molar-refractivity contribution is 5.76. The van der Waals surface area contributed by atoms with Crippen LogP contribution in [0.5, 0.6) is 0 Å². The number of amides is 1. The van der Waals surface area contributed by atoms with Gasteiger partial charge in [-0.1, -0.05) is 0 Å². The summed E-state index contributed by atoms with van der Waals surface area (Å²) in [4.78, 5) is 13.8. The van der Waals surface area contributed by atoms with Crippen LogP contribution >= 0.6 is 0 Å². The Balaban J connectivity index is 1.97. The number of carbonyl (C=O) groups excluding carboxylic acids is 1. The van der Waals surface area contributed by atoms with E-state index in [1.54, 1.807) is 16.9 Å². The molecule has 15 heavy (non-hydrogen) atoms. The van der Waals surface area contributed by atoms with Crippen LogP contribution in [-0.2, 0) is 11.3 Å². The number of nitrogens with two attached hydrogens (primary N) is 1. The van der Waals surface area contributed by atoms with E-state index in [0.29, 0.717) is 18.4 Å². The summed E-state index contributed by atoms with van der Waals surface area (Å²) in [6.45, 7) is 3.25. The van der Waals surface area contributed by atoms with Crippen LogP contribution < -0.4 is 5.73 Å². The second-order valence-corrected chi connectivity index (χ2v) is 4.02. The normalized spacial score (nSPS) is 20.9. The van der Waals surface area contributed by atoms with Crippen LogP contribution in [0.15, 0.2) is 12.3 Å². The first kappa shape index (κ1) is 10.0. The van der Waals surface area contributed by atoms with Crippen LogP contribution in [0.1, 0.15) is 19.8 Å². The molecule has 0 aromatic carbocycles. The Kier molecular flexibility index (Phi) is 2.62. The van der Waals surface area contributed by atoms with Crippen molar-refractivity contribution in [1.82, 2.24) is 14.7 Å². The van der Waals surface area contributed by atoms with Crippen molar-refractivity contribution < 1.29 is 4.79 Å². The second-order valence-electron chi connectivity index (χ2n) is 4.02. The molecular formula is C10H16N4O. The molecule has 0 bridgehead atoms. The third kappa shape index (κ3) is 2.11. The van der Waals surface area contributed by atoms with Gasteiger partial charge in [0.1, 0.15) is 12.4 Å². The second kappa shape index (κ2) is 3.92. The fraction of sp³-hybridized carbons (Fsp3) is 0.600. The zero-order valence-corrected chi connectivity index (χ0v) is 8.89. The average Bonchev–Trinajstić information content (AvgIpc) is 2.75. The number of aromatic nitrogens is 2. The van der Waals surface area contributed by atoms with E-state index in [9.17, 15) is 4.79 Å².